The Morgan fingerprint density at radius 3 is 2.82 bits per heavy atom. The van der Waals surface area contributed by atoms with E-state index in [1.165, 1.54) is 0 Å². The summed E-state index contributed by atoms with van der Waals surface area (Å²) >= 11 is 0. The molecule has 4 rings (SSSR count). The summed E-state index contributed by atoms with van der Waals surface area (Å²) < 4.78 is 1.83. The summed E-state index contributed by atoms with van der Waals surface area (Å²) in [6.07, 6.45) is 2.50. The van der Waals surface area contributed by atoms with Gasteiger partial charge in [-0.1, -0.05) is 18.2 Å². The highest BCUT2D eigenvalue weighted by molar-refractivity contribution is 5.96. The normalized spacial score (nSPS) is 18.8. The van der Waals surface area contributed by atoms with Crippen LogP contribution in [0, 0.1) is 5.92 Å². The molecule has 7 nitrogen and oxygen atoms in total. The number of rotatable bonds is 3. The van der Waals surface area contributed by atoms with Crippen LogP contribution in [0.5, 0.6) is 0 Å². The number of benzene rings is 1. The van der Waals surface area contributed by atoms with E-state index in [1.807, 2.05) is 42.1 Å². The van der Waals surface area contributed by atoms with E-state index in [0.717, 1.165) is 42.8 Å². The van der Waals surface area contributed by atoms with Crippen LogP contribution in [0.4, 0.5) is 5.69 Å². The maximum absolute atomic E-state index is 13.1. The molecule has 0 radical (unpaired) electrons. The third kappa shape index (κ3) is 4.05. The van der Waals surface area contributed by atoms with Gasteiger partial charge >= 0.3 is 0 Å². The van der Waals surface area contributed by atoms with Gasteiger partial charge in [0.25, 0.3) is 5.91 Å². The van der Waals surface area contributed by atoms with Crippen LogP contribution in [0.2, 0.25) is 0 Å². The molecule has 2 aromatic rings. The van der Waals surface area contributed by atoms with E-state index in [-0.39, 0.29) is 30.1 Å². The smallest absolute Gasteiger partial charge is 0.274 e. The highest BCUT2D eigenvalue weighted by Crippen LogP contribution is 2.23. The van der Waals surface area contributed by atoms with Gasteiger partial charge in [-0.25, -0.2) is 0 Å². The molecule has 2 aliphatic rings. The van der Waals surface area contributed by atoms with Crippen molar-refractivity contribution in [2.24, 2.45) is 13.0 Å². The van der Waals surface area contributed by atoms with Crippen LogP contribution in [0.25, 0.3) is 0 Å². The first-order valence-corrected chi connectivity index (χ1v) is 9.54. The van der Waals surface area contributed by atoms with Crippen LogP contribution < -0.4 is 10.6 Å². The standard InChI is InChI=1S/C20H25N5O2.ClH/c1-24-17-9-10-21-12-16(17)18(23-24)20(27)25-11-5-6-14(13-25)19(26)22-15-7-3-2-4-8-15;/h2-4,7-8,14,21H,5-6,9-13H2,1H3,(H,22,26);1H. The van der Waals surface area contributed by atoms with Crippen molar-refractivity contribution in [3.8, 4) is 0 Å². The second-order valence-corrected chi connectivity index (χ2v) is 7.27. The lowest BCUT2D eigenvalue weighted by Crippen LogP contribution is -2.44. The summed E-state index contributed by atoms with van der Waals surface area (Å²) in [6.45, 7) is 2.70. The van der Waals surface area contributed by atoms with E-state index in [2.05, 4.69) is 15.7 Å². The molecule has 0 spiro atoms. The van der Waals surface area contributed by atoms with Crippen LogP contribution >= 0.6 is 12.4 Å². The van der Waals surface area contributed by atoms with Crippen molar-refractivity contribution < 1.29 is 9.59 Å². The van der Waals surface area contributed by atoms with Crippen molar-refractivity contribution in [1.29, 1.82) is 0 Å². The Morgan fingerprint density at radius 2 is 2.04 bits per heavy atom. The SMILES string of the molecule is Cl.Cn1nc(C(=O)N2CCCC(C(=O)Nc3ccccc3)C2)c2c1CCNC2. The number of para-hydroxylation sites is 1. The first-order valence-electron chi connectivity index (χ1n) is 9.54. The predicted octanol–water partition coefficient (Wildman–Crippen LogP) is 1.98. The number of carbonyl (C=O) groups is 2. The fraction of sp³-hybridized carbons (Fsp3) is 0.450. The zero-order valence-electron chi connectivity index (χ0n) is 16.0. The van der Waals surface area contributed by atoms with E-state index in [1.54, 1.807) is 4.90 Å². The zero-order valence-corrected chi connectivity index (χ0v) is 16.8. The highest BCUT2D eigenvalue weighted by Gasteiger charge is 2.32. The number of nitrogens with zero attached hydrogens (tertiary/aromatic N) is 3. The number of anilines is 1. The van der Waals surface area contributed by atoms with Crippen molar-refractivity contribution in [2.75, 3.05) is 25.0 Å². The van der Waals surface area contributed by atoms with Gasteiger partial charge < -0.3 is 15.5 Å². The Hall–Kier alpha value is -2.38. The average Bonchev–Trinajstić information content (AvgIpc) is 3.05. The number of halogens is 1. The summed E-state index contributed by atoms with van der Waals surface area (Å²) in [4.78, 5) is 27.5. The van der Waals surface area contributed by atoms with Gasteiger partial charge in [-0.05, 0) is 25.0 Å². The molecule has 1 saturated heterocycles. The van der Waals surface area contributed by atoms with Gasteiger partial charge in [0, 0.05) is 56.6 Å². The Balaban J connectivity index is 0.00000225. The van der Waals surface area contributed by atoms with Crippen molar-refractivity contribution in [1.82, 2.24) is 20.0 Å². The van der Waals surface area contributed by atoms with E-state index in [4.69, 9.17) is 0 Å². The van der Waals surface area contributed by atoms with Gasteiger partial charge in [-0.3, -0.25) is 14.3 Å². The topological polar surface area (TPSA) is 79.3 Å². The minimum Gasteiger partial charge on any atom is -0.336 e. The summed E-state index contributed by atoms with van der Waals surface area (Å²) in [7, 11) is 1.90. The first kappa shape index (κ1) is 20.4. The molecule has 2 N–H and O–H groups in total. The lowest BCUT2D eigenvalue weighted by molar-refractivity contribution is -0.121. The number of hydrogen-bond donors (Lipinski definition) is 2. The lowest BCUT2D eigenvalue weighted by atomic mass is 9.96. The molecule has 0 saturated carbocycles. The van der Waals surface area contributed by atoms with Gasteiger partial charge in [-0.2, -0.15) is 5.10 Å². The summed E-state index contributed by atoms with van der Waals surface area (Å²) in [6, 6.07) is 9.45. The zero-order chi connectivity index (χ0) is 18.8. The maximum atomic E-state index is 13.1. The fourth-order valence-electron chi connectivity index (χ4n) is 3.98. The van der Waals surface area contributed by atoms with Gasteiger partial charge in [0.15, 0.2) is 5.69 Å². The van der Waals surface area contributed by atoms with Crippen LogP contribution in [-0.2, 0) is 24.8 Å². The number of hydrogen-bond acceptors (Lipinski definition) is 4. The number of likely N-dealkylation sites (tertiary alicyclic amines) is 1. The third-order valence-electron chi connectivity index (χ3n) is 5.44. The third-order valence-corrected chi connectivity index (χ3v) is 5.44. The van der Waals surface area contributed by atoms with E-state index >= 15 is 0 Å². The minimum atomic E-state index is -0.194. The number of aryl methyl sites for hydroxylation is 1. The number of carbonyl (C=O) groups excluding carboxylic acids is 2. The molecule has 150 valence electrons. The van der Waals surface area contributed by atoms with Gasteiger partial charge in [0.1, 0.15) is 0 Å². The minimum absolute atomic E-state index is 0. The predicted molar refractivity (Wildman–Crippen MR) is 110 cm³/mol. The van der Waals surface area contributed by atoms with E-state index in [9.17, 15) is 9.59 Å². The fourth-order valence-corrected chi connectivity index (χ4v) is 3.98. The van der Waals surface area contributed by atoms with E-state index < -0.39 is 0 Å². The second kappa shape index (κ2) is 8.75. The molecular formula is C20H26ClN5O2. The van der Waals surface area contributed by atoms with Crippen molar-refractivity contribution in [3.05, 3.63) is 47.3 Å². The number of fused-ring (bicyclic) bond motifs is 1. The number of nitrogens with one attached hydrogen (secondary N) is 2. The first-order chi connectivity index (χ1) is 13.1. The molecule has 2 amide bonds. The molecule has 1 fully saturated rings. The molecule has 3 heterocycles. The molecule has 2 aliphatic heterocycles. The maximum Gasteiger partial charge on any atom is 0.274 e. The molecule has 8 heteroatoms. The number of piperidine rings is 1. The molecule has 0 bridgehead atoms. The Morgan fingerprint density at radius 1 is 1.25 bits per heavy atom. The van der Waals surface area contributed by atoms with Crippen LogP contribution in [0.3, 0.4) is 0 Å². The molecule has 1 aromatic carbocycles. The lowest BCUT2D eigenvalue weighted by Gasteiger charge is -2.32. The number of aromatic nitrogens is 2. The molecule has 28 heavy (non-hydrogen) atoms. The molecular weight excluding hydrogens is 378 g/mol. The quantitative estimate of drug-likeness (QED) is 0.821. The van der Waals surface area contributed by atoms with Crippen LogP contribution in [0.15, 0.2) is 30.3 Å². The largest absolute Gasteiger partial charge is 0.336 e. The van der Waals surface area contributed by atoms with Crippen molar-refractivity contribution in [2.45, 2.75) is 25.8 Å². The van der Waals surface area contributed by atoms with Crippen molar-refractivity contribution in [3.63, 3.8) is 0 Å². The molecule has 1 aromatic heterocycles. The molecule has 1 unspecified atom stereocenters. The Kier molecular flexibility index (Phi) is 6.36. The van der Waals surface area contributed by atoms with E-state index in [0.29, 0.717) is 25.3 Å². The highest BCUT2D eigenvalue weighted by atomic mass is 35.5. The van der Waals surface area contributed by atoms with Crippen LogP contribution in [-0.4, -0.2) is 46.1 Å². The second-order valence-electron chi connectivity index (χ2n) is 7.27. The van der Waals surface area contributed by atoms with Crippen molar-refractivity contribution >= 4 is 29.9 Å². The Labute approximate surface area is 170 Å². The van der Waals surface area contributed by atoms with Gasteiger partial charge in [-0.15, -0.1) is 12.4 Å². The average molecular weight is 404 g/mol. The van der Waals surface area contributed by atoms with Crippen LogP contribution in [0.1, 0.15) is 34.6 Å². The summed E-state index contributed by atoms with van der Waals surface area (Å²) in [5.74, 6) is -0.281. The summed E-state index contributed by atoms with van der Waals surface area (Å²) in [5, 5.41) is 10.8. The monoisotopic (exact) mass is 403 g/mol. The molecule has 0 aliphatic carbocycles. The van der Waals surface area contributed by atoms with Gasteiger partial charge in [0.05, 0.1) is 5.92 Å². The molecule has 1 atom stereocenters. The Bertz CT molecular complexity index is 852. The van der Waals surface area contributed by atoms with Gasteiger partial charge in [0.2, 0.25) is 5.91 Å². The number of amides is 2. The summed E-state index contributed by atoms with van der Waals surface area (Å²) in [5.41, 5.74) is 3.46.